The summed E-state index contributed by atoms with van der Waals surface area (Å²) in [5.41, 5.74) is 2.64. The summed E-state index contributed by atoms with van der Waals surface area (Å²) in [7, 11) is 0. The van der Waals surface area contributed by atoms with Crippen molar-refractivity contribution in [3.63, 3.8) is 0 Å². The van der Waals surface area contributed by atoms with E-state index in [0.717, 1.165) is 59.1 Å². The van der Waals surface area contributed by atoms with E-state index in [-0.39, 0.29) is 6.10 Å². The zero-order chi connectivity index (χ0) is 26.2. The Morgan fingerprint density at radius 1 is 0.946 bits per heavy atom. The van der Waals surface area contributed by atoms with Crippen LogP contribution in [0, 0.1) is 46.3 Å². The number of halogens is 1. The molecule has 5 rings (SSSR count). The van der Waals surface area contributed by atoms with Crippen LogP contribution in [0.4, 0.5) is 0 Å². The van der Waals surface area contributed by atoms with Crippen molar-refractivity contribution in [2.75, 3.05) is 6.79 Å². The summed E-state index contributed by atoms with van der Waals surface area (Å²) < 4.78 is 12.1. The van der Waals surface area contributed by atoms with Crippen LogP contribution in [0.2, 0.25) is 5.02 Å². The molecule has 0 heterocycles. The van der Waals surface area contributed by atoms with Gasteiger partial charge < -0.3 is 9.47 Å². The third-order valence-electron chi connectivity index (χ3n) is 11.6. The zero-order valence-electron chi connectivity index (χ0n) is 24.1. The lowest BCUT2D eigenvalue weighted by molar-refractivity contribution is -0.0814. The minimum absolute atomic E-state index is 0.277. The van der Waals surface area contributed by atoms with Crippen LogP contribution in [0.15, 0.2) is 35.9 Å². The fourth-order valence-corrected chi connectivity index (χ4v) is 9.65. The molecular formula is C34H51ClO2. The second kappa shape index (κ2) is 11.2. The number of ether oxygens (including phenoxy) is 2. The van der Waals surface area contributed by atoms with Gasteiger partial charge in [0.15, 0.2) is 6.79 Å². The number of hydrogen-bond acceptors (Lipinski definition) is 2. The molecule has 3 heteroatoms. The fraction of sp³-hybridized carbons (Fsp3) is 0.765. The SMILES string of the molecule is CC(C)CCC[C@@H](C)[C@@H]1CC[C@H]2[C@@H]3CC=C4C[C@@H](OCOc5ccc(Cl)cc5)CC[C@]4(C)[C@@H]3CC[C@@]21C. The van der Waals surface area contributed by atoms with Crippen molar-refractivity contribution in [1.29, 1.82) is 0 Å². The summed E-state index contributed by atoms with van der Waals surface area (Å²) in [5, 5.41) is 0.731. The van der Waals surface area contributed by atoms with Crippen LogP contribution in [-0.2, 0) is 4.74 Å². The molecule has 0 radical (unpaired) electrons. The maximum Gasteiger partial charge on any atom is 0.189 e. The lowest BCUT2D eigenvalue weighted by Gasteiger charge is -2.58. The van der Waals surface area contributed by atoms with E-state index < -0.39 is 0 Å². The Morgan fingerprint density at radius 3 is 2.49 bits per heavy atom. The predicted octanol–water partition coefficient (Wildman–Crippen LogP) is 10.1. The molecule has 206 valence electrons. The molecule has 0 bridgehead atoms. The Hall–Kier alpha value is -0.990. The monoisotopic (exact) mass is 526 g/mol. The Morgan fingerprint density at radius 2 is 1.73 bits per heavy atom. The first-order valence-electron chi connectivity index (χ1n) is 15.4. The van der Waals surface area contributed by atoms with E-state index in [9.17, 15) is 0 Å². The summed E-state index contributed by atoms with van der Waals surface area (Å²) in [5.74, 6) is 6.18. The van der Waals surface area contributed by atoms with Crippen LogP contribution < -0.4 is 4.74 Å². The van der Waals surface area contributed by atoms with E-state index in [1.165, 1.54) is 57.8 Å². The number of fused-ring (bicyclic) bond motifs is 5. The summed E-state index contributed by atoms with van der Waals surface area (Å²) in [4.78, 5) is 0. The summed E-state index contributed by atoms with van der Waals surface area (Å²) in [6, 6.07) is 7.54. The van der Waals surface area contributed by atoms with Gasteiger partial charge in [0, 0.05) is 5.02 Å². The van der Waals surface area contributed by atoms with Crippen LogP contribution in [-0.4, -0.2) is 12.9 Å². The molecule has 0 amide bonds. The molecule has 4 aliphatic rings. The minimum atomic E-state index is 0.277. The van der Waals surface area contributed by atoms with E-state index in [2.05, 4.69) is 40.7 Å². The molecule has 0 unspecified atom stereocenters. The highest BCUT2D eigenvalue weighted by molar-refractivity contribution is 6.30. The van der Waals surface area contributed by atoms with Gasteiger partial charge in [0.2, 0.25) is 0 Å². The molecule has 3 fully saturated rings. The van der Waals surface area contributed by atoms with Gasteiger partial charge in [-0.2, -0.15) is 0 Å². The lowest BCUT2D eigenvalue weighted by atomic mass is 9.47. The molecular weight excluding hydrogens is 476 g/mol. The first kappa shape index (κ1) is 27.6. The van der Waals surface area contributed by atoms with E-state index in [4.69, 9.17) is 21.1 Å². The largest absolute Gasteiger partial charge is 0.468 e. The Labute approximate surface area is 231 Å². The second-order valence-corrected chi connectivity index (χ2v) is 14.5. The number of rotatable bonds is 9. The summed E-state index contributed by atoms with van der Waals surface area (Å²) in [6.45, 7) is 13.0. The van der Waals surface area contributed by atoms with Crippen molar-refractivity contribution in [3.8, 4) is 5.75 Å². The van der Waals surface area contributed by atoms with Crippen LogP contribution in [0.1, 0.15) is 105 Å². The van der Waals surface area contributed by atoms with Crippen molar-refractivity contribution in [3.05, 3.63) is 40.9 Å². The van der Waals surface area contributed by atoms with Gasteiger partial charge in [-0.15, -0.1) is 0 Å². The highest BCUT2D eigenvalue weighted by Gasteiger charge is 2.59. The maximum absolute atomic E-state index is 6.22. The van der Waals surface area contributed by atoms with Gasteiger partial charge >= 0.3 is 0 Å². The van der Waals surface area contributed by atoms with E-state index >= 15 is 0 Å². The first-order chi connectivity index (χ1) is 17.7. The maximum atomic E-state index is 6.22. The average molecular weight is 527 g/mol. The average Bonchev–Trinajstić information content (AvgIpc) is 3.22. The van der Waals surface area contributed by atoms with Gasteiger partial charge in [-0.05, 0) is 122 Å². The van der Waals surface area contributed by atoms with Gasteiger partial charge in [0.1, 0.15) is 5.75 Å². The smallest absolute Gasteiger partial charge is 0.189 e. The number of allylic oxidation sites excluding steroid dienone is 1. The van der Waals surface area contributed by atoms with Crippen molar-refractivity contribution < 1.29 is 9.47 Å². The van der Waals surface area contributed by atoms with Crippen LogP contribution >= 0.6 is 11.6 Å². The quantitative estimate of drug-likeness (QED) is 0.235. The molecule has 0 aromatic heterocycles. The summed E-state index contributed by atoms with van der Waals surface area (Å²) in [6.07, 6.45) is 17.8. The molecule has 2 nitrogen and oxygen atoms in total. The van der Waals surface area contributed by atoms with Gasteiger partial charge in [-0.25, -0.2) is 0 Å². The standard InChI is InChI=1S/C34H51ClO2/c1-23(2)7-6-8-24(3)30-15-16-31-29-14-9-25-21-28(37-22-36-27-12-10-26(35)11-13-27)17-19-33(25,4)32(29)18-20-34(30,31)5/h9-13,23-24,28-32H,6-8,14-22H2,1-5H3/t24-,28+,29+,30+,31+,32-,33+,34-/m1/s1. The van der Waals surface area contributed by atoms with E-state index in [1.807, 2.05) is 24.3 Å². The second-order valence-electron chi connectivity index (χ2n) is 14.0. The first-order valence-corrected chi connectivity index (χ1v) is 15.8. The van der Waals surface area contributed by atoms with Crippen molar-refractivity contribution in [1.82, 2.24) is 0 Å². The van der Waals surface area contributed by atoms with Gasteiger partial charge in [0.05, 0.1) is 6.10 Å². The predicted molar refractivity (Wildman–Crippen MR) is 155 cm³/mol. The molecule has 0 N–H and O–H groups in total. The number of hydrogen-bond donors (Lipinski definition) is 0. The van der Waals surface area contributed by atoms with Crippen LogP contribution in [0.25, 0.3) is 0 Å². The molecule has 8 atom stereocenters. The van der Waals surface area contributed by atoms with Crippen LogP contribution in [0.5, 0.6) is 5.75 Å². The third kappa shape index (κ3) is 5.54. The Balaban J connectivity index is 1.19. The van der Waals surface area contributed by atoms with Gasteiger partial charge in [-0.3, -0.25) is 0 Å². The molecule has 1 aromatic rings. The van der Waals surface area contributed by atoms with Crippen molar-refractivity contribution >= 4 is 11.6 Å². The minimum Gasteiger partial charge on any atom is -0.468 e. The van der Waals surface area contributed by atoms with Crippen molar-refractivity contribution in [2.24, 2.45) is 46.3 Å². The van der Waals surface area contributed by atoms with Crippen molar-refractivity contribution in [2.45, 2.75) is 111 Å². The molecule has 37 heavy (non-hydrogen) atoms. The highest BCUT2D eigenvalue weighted by Crippen LogP contribution is 2.67. The van der Waals surface area contributed by atoms with Crippen LogP contribution in [0.3, 0.4) is 0 Å². The fourth-order valence-electron chi connectivity index (χ4n) is 9.52. The topological polar surface area (TPSA) is 18.5 Å². The molecule has 1 aromatic carbocycles. The molecule has 0 spiro atoms. The number of benzene rings is 1. The molecule has 4 aliphatic carbocycles. The molecule has 3 saturated carbocycles. The van der Waals surface area contributed by atoms with Gasteiger partial charge in [-0.1, -0.05) is 77.1 Å². The van der Waals surface area contributed by atoms with Gasteiger partial charge in [0.25, 0.3) is 0 Å². The highest BCUT2D eigenvalue weighted by atomic mass is 35.5. The Bertz CT molecular complexity index is 938. The molecule has 0 aliphatic heterocycles. The van der Waals surface area contributed by atoms with E-state index in [0.29, 0.717) is 17.6 Å². The zero-order valence-corrected chi connectivity index (χ0v) is 24.9. The normalized spacial score (nSPS) is 37.9. The Kier molecular flexibility index (Phi) is 8.38. The lowest BCUT2D eigenvalue weighted by Crippen LogP contribution is -2.51. The summed E-state index contributed by atoms with van der Waals surface area (Å²) >= 11 is 5.99. The van der Waals surface area contributed by atoms with E-state index in [1.54, 1.807) is 5.57 Å². The third-order valence-corrected chi connectivity index (χ3v) is 11.9. The molecule has 0 saturated heterocycles.